The second-order valence-corrected chi connectivity index (χ2v) is 6.94. The van der Waals surface area contributed by atoms with Crippen molar-refractivity contribution in [2.75, 3.05) is 17.6 Å². The van der Waals surface area contributed by atoms with Crippen LogP contribution in [0.15, 0.2) is 23.1 Å². The normalized spacial score (nSPS) is 22.8. The van der Waals surface area contributed by atoms with Crippen LogP contribution in [0.3, 0.4) is 0 Å². The summed E-state index contributed by atoms with van der Waals surface area (Å²) in [6, 6.07) is 5.17. The standard InChI is InChI=1S/C13H21N3O2S/c1-3-15-19(17,18)11-4-5-12(14)13(8-11)16-10-6-9(2)7-10/h4-5,8-10,15-16H,3,6-7,14H2,1-2H3. The van der Waals surface area contributed by atoms with Crippen LogP contribution in [0.1, 0.15) is 26.7 Å². The fraction of sp³-hybridized carbons (Fsp3) is 0.538. The van der Waals surface area contributed by atoms with Crippen LogP contribution in [0.5, 0.6) is 0 Å². The van der Waals surface area contributed by atoms with Crippen molar-refractivity contribution in [3.63, 3.8) is 0 Å². The van der Waals surface area contributed by atoms with Gasteiger partial charge in [0.25, 0.3) is 0 Å². The molecule has 1 saturated carbocycles. The summed E-state index contributed by atoms with van der Waals surface area (Å²) in [6.45, 7) is 4.33. The summed E-state index contributed by atoms with van der Waals surface area (Å²) in [5.74, 6) is 0.729. The van der Waals surface area contributed by atoms with Crippen LogP contribution >= 0.6 is 0 Å². The van der Waals surface area contributed by atoms with Crippen LogP contribution in [-0.2, 0) is 10.0 Å². The van der Waals surface area contributed by atoms with Crippen molar-refractivity contribution in [2.45, 2.75) is 37.6 Å². The second kappa shape index (κ2) is 5.38. The maximum absolute atomic E-state index is 11.9. The van der Waals surface area contributed by atoms with Gasteiger partial charge in [-0.15, -0.1) is 0 Å². The SMILES string of the molecule is CCNS(=O)(=O)c1ccc(N)c(NC2CC(C)C2)c1. The minimum atomic E-state index is -3.43. The molecule has 106 valence electrons. The van der Waals surface area contributed by atoms with Gasteiger partial charge in [-0.1, -0.05) is 13.8 Å². The predicted molar refractivity (Wildman–Crippen MR) is 77.5 cm³/mol. The molecule has 0 heterocycles. The van der Waals surface area contributed by atoms with Crippen LogP contribution in [0.4, 0.5) is 11.4 Å². The Hall–Kier alpha value is -1.27. The van der Waals surface area contributed by atoms with E-state index in [0.29, 0.717) is 24.0 Å². The molecule has 0 aliphatic heterocycles. The van der Waals surface area contributed by atoms with Crippen LogP contribution in [-0.4, -0.2) is 21.0 Å². The Bertz CT molecular complexity index is 551. The van der Waals surface area contributed by atoms with E-state index in [1.54, 1.807) is 19.1 Å². The van der Waals surface area contributed by atoms with Gasteiger partial charge in [-0.25, -0.2) is 13.1 Å². The molecule has 1 aromatic rings. The van der Waals surface area contributed by atoms with E-state index < -0.39 is 10.0 Å². The lowest BCUT2D eigenvalue weighted by Crippen LogP contribution is -2.34. The van der Waals surface area contributed by atoms with E-state index in [9.17, 15) is 8.42 Å². The van der Waals surface area contributed by atoms with E-state index in [4.69, 9.17) is 5.73 Å². The van der Waals surface area contributed by atoms with Gasteiger partial charge in [0.15, 0.2) is 0 Å². The van der Waals surface area contributed by atoms with Gasteiger partial charge in [-0.05, 0) is 37.0 Å². The summed E-state index contributed by atoms with van der Waals surface area (Å²) in [5, 5.41) is 3.31. The minimum Gasteiger partial charge on any atom is -0.397 e. The molecule has 0 radical (unpaired) electrons. The highest BCUT2D eigenvalue weighted by atomic mass is 32.2. The lowest BCUT2D eigenvalue weighted by Gasteiger charge is -2.34. The van der Waals surface area contributed by atoms with E-state index in [2.05, 4.69) is 17.0 Å². The molecule has 4 N–H and O–H groups in total. The molecule has 5 nitrogen and oxygen atoms in total. The number of nitrogens with one attached hydrogen (secondary N) is 2. The van der Waals surface area contributed by atoms with Gasteiger partial charge in [0.2, 0.25) is 10.0 Å². The highest BCUT2D eigenvalue weighted by molar-refractivity contribution is 7.89. The monoisotopic (exact) mass is 283 g/mol. The predicted octanol–water partition coefficient (Wildman–Crippen LogP) is 1.78. The number of sulfonamides is 1. The van der Waals surface area contributed by atoms with Crippen molar-refractivity contribution >= 4 is 21.4 Å². The van der Waals surface area contributed by atoms with Crippen molar-refractivity contribution in [2.24, 2.45) is 5.92 Å². The highest BCUT2D eigenvalue weighted by Gasteiger charge is 2.26. The summed E-state index contributed by atoms with van der Waals surface area (Å²) < 4.78 is 26.4. The third-order valence-corrected chi connectivity index (χ3v) is 4.95. The average Bonchev–Trinajstić information content (AvgIpc) is 2.29. The second-order valence-electron chi connectivity index (χ2n) is 5.17. The maximum Gasteiger partial charge on any atom is 0.240 e. The molecule has 0 atom stereocenters. The summed E-state index contributed by atoms with van der Waals surface area (Å²) in [5.41, 5.74) is 7.17. The van der Waals surface area contributed by atoms with Crippen molar-refractivity contribution in [1.82, 2.24) is 4.72 Å². The number of anilines is 2. The lowest BCUT2D eigenvalue weighted by molar-refractivity contribution is 0.309. The first-order valence-electron chi connectivity index (χ1n) is 6.58. The summed E-state index contributed by atoms with van der Waals surface area (Å²) in [4.78, 5) is 0.249. The molecule has 1 aliphatic rings. The van der Waals surface area contributed by atoms with E-state index in [0.717, 1.165) is 18.8 Å². The molecule has 0 spiro atoms. The summed E-state index contributed by atoms with van der Waals surface area (Å²) in [7, 11) is -3.43. The quantitative estimate of drug-likeness (QED) is 0.719. The molecule has 0 amide bonds. The third kappa shape index (κ3) is 3.19. The lowest BCUT2D eigenvalue weighted by atomic mass is 9.82. The molecule has 6 heteroatoms. The van der Waals surface area contributed by atoms with Gasteiger partial charge in [0.1, 0.15) is 0 Å². The maximum atomic E-state index is 11.9. The van der Waals surface area contributed by atoms with Gasteiger partial charge in [0.05, 0.1) is 16.3 Å². The van der Waals surface area contributed by atoms with E-state index >= 15 is 0 Å². The molecular formula is C13H21N3O2S. The molecule has 1 aromatic carbocycles. The first kappa shape index (κ1) is 14.1. The molecule has 0 bridgehead atoms. The van der Waals surface area contributed by atoms with E-state index in [1.807, 2.05) is 0 Å². The zero-order valence-electron chi connectivity index (χ0n) is 11.3. The van der Waals surface area contributed by atoms with Gasteiger partial charge in [0, 0.05) is 12.6 Å². The Labute approximate surface area is 114 Å². The Kier molecular flexibility index (Phi) is 4.01. The topological polar surface area (TPSA) is 84.2 Å². The Morgan fingerprint density at radius 2 is 2.05 bits per heavy atom. The first-order chi connectivity index (χ1) is 8.92. The third-order valence-electron chi connectivity index (χ3n) is 3.40. The molecule has 0 saturated heterocycles. The number of rotatable bonds is 5. The zero-order valence-corrected chi connectivity index (χ0v) is 12.1. The van der Waals surface area contributed by atoms with Crippen LogP contribution < -0.4 is 15.8 Å². The fourth-order valence-corrected chi connectivity index (χ4v) is 3.41. The molecule has 1 aliphatic carbocycles. The first-order valence-corrected chi connectivity index (χ1v) is 8.06. The van der Waals surface area contributed by atoms with Crippen LogP contribution in [0, 0.1) is 5.92 Å². The number of hydrogen-bond acceptors (Lipinski definition) is 4. The molecule has 2 rings (SSSR count). The average molecular weight is 283 g/mol. The number of nitrogens with two attached hydrogens (primary N) is 1. The molecule has 0 aromatic heterocycles. The van der Waals surface area contributed by atoms with Crippen LogP contribution in [0.2, 0.25) is 0 Å². The molecular weight excluding hydrogens is 262 g/mol. The Balaban J connectivity index is 2.20. The summed E-state index contributed by atoms with van der Waals surface area (Å²) >= 11 is 0. The number of hydrogen-bond donors (Lipinski definition) is 3. The number of benzene rings is 1. The molecule has 19 heavy (non-hydrogen) atoms. The van der Waals surface area contributed by atoms with Crippen molar-refractivity contribution < 1.29 is 8.42 Å². The zero-order chi connectivity index (χ0) is 14.0. The van der Waals surface area contributed by atoms with Gasteiger partial charge in [-0.3, -0.25) is 0 Å². The van der Waals surface area contributed by atoms with Crippen molar-refractivity contribution in [1.29, 1.82) is 0 Å². The Morgan fingerprint density at radius 3 is 2.63 bits per heavy atom. The molecule has 0 unspecified atom stereocenters. The van der Waals surface area contributed by atoms with Gasteiger partial charge in [-0.2, -0.15) is 0 Å². The van der Waals surface area contributed by atoms with Crippen LogP contribution in [0.25, 0.3) is 0 Å². The minimum absolute atomic E-state index is 0.249. The highest BCUT2D eigenvalue weighted by Crippen LogP contribution is 2.32. The van der Waals surface area contributed by atoms with Crippen molar-refractivity contribution in [3.8, 4) is 0 Å². The van der Waals surface area contributed by atoms with E-state index in [1.165, 1.54) is 6.07 Å². The Morgan fingerprint density at radius 1 is 1.37 bits per heavy atom. The van der Waals surface area contributed by atoms with Gasteiger partial charge >= 0.3 is 0 Å². The largest absolute Gasteiger partial charge is 0.397 e. The van der Waals surface area contributed by atoms with Crippen molar-refractivity contribution in [3.05, 3.63) is 18.2 Å². The molecule has 1 fully saturated rings. The smallest absolute Gasteiger partial charge is 0.240 e. The number of nitrogen functional groups attached to an aromatic ring is 1. The van der Waals surface area contributed by atoms with Gasteiger partial charge < -0.3 is 11.1 Å². The summed E-state index contributed by atoms with van der Waals surface area (Å²) in [6.07, 6.45) is 2.20. The fourth-order valence-electron chi connectivity index (χ4n) is 2.34. The van der Waals surface area contributed by atoms with E-state index in [-0.39, 0.29) is 4.90 Å².